The monoisotopic (exact) mass is 333 g/mol. The first kappa shape index (κ1) is 18.3. The summed E-state index contributed by atoms with van der Waals surface area (Å²) in [6.45, 7) is 0.355. The number of carbonyl (C=O) groups is 2. The number of carbonyl (C=O) groups excluding carboxylic acids is 2. The fraction of sp³-hybridized carbons (Fsp3) is 0.556. The molecule has 132 valence electrons. The molecule has 0 spiro atoms. The molecule has 0 bridgehead atoms. The highest BCUT2D eigenvalue weighted by Crippen LogP contribution is 2.24. The maximum absolute atomic E-state index is 12.3. The zero-order valence-electron chi connectivity index (χ0n) is 15.0. The number of nitrogens with zero attached hydrogens (tertiary/aromatic N) is 2. The second kappa shape index (κ2) is 8.15. The Morgan fingerprint density at radius 3 is 2.46 bits per heavy atom. The topological polar surface area (TPSA) is 61.9 Å². The van der Waals surface area contributed by atoms with Gasteiger partial charge in [-0.15, -0.1) is 0 Å². The highest BCUT2D eigenvalue weighted by atomic mass is 16.5. The van der Waals surface area contributed by atoms with Crippen molar-refractivity contribution in [1.82, 2.24) is 9.80 Å². The van der Waals surface area contributed by atoms with Gasteiger partial charge in [0.05, 0.1) is 19.2 Å². The number of rotatable bonds is 6. The normalized spacial score (nSPS) is 14.7. The molecule has 6 nitrogen and oxygen atoms in total. The number of hydrogen-bond acceptors (Lipinski definition) is 4. The van der Waals surface area contributed by atoms with Gasteiger partial charge in [-0.2, -0.15) is 0 Å². The Kier molecular flexibility index (Phi) is 6.20. The molecular formula is C18H27N3O3. The number of likely N-dealkylation sites (N-methyl/N-ethyl adjacent to an activating group) is 1. The maximum atomic E-state index is 12.3. The zero-order valence-corrected chi connectivity index (χ0v) is 15.0. The van der Waals surface area contributed by atoms with Crippen LogP contribution >= 0.6 is 0 Å². The van der Waals surface area contributed by atoms with E-state index in [9.17, 15) is 9.59 Å². The van der Waals surface area contributed by atoms with Crippen molar-refractivity contribution in [2.45, 2.75) is 31.7 Å². The van der Waals surface area contributed by atoms with Crippen LogP contribution in [0.25, 0.3) is 0 Å². The molecule has 6 heteroatoms. The fourth-order valence-electron chi connectivity index (χ4n) is 3.09. The Bertz CT molecular complexity index is 595. The molecule has 1 fully saturated rings. The van der Waals surface area contributed by atoms with Crippen molar-refractivity contribution in [2.24, 2.45) is 0 Å². The lowest BCUT2D eigenvalue weighted by Crippen LogP contribution is -2.36. The van der Waals surface area contributed by atoms with Gasteiger partial charge in [-0.3, -0.25) is 14.5 Å². The van der Waals surface area contributed by atoms with Crippen molar-refractivity contribution in [1.29, 1.82) is 0 Å². The number of anilines is 1. The van der Waals surface area contributed by atoms with Crippen LogP contribution in [0.3, 0.4) is 0 Å². The first-order valence-electron chi connectivity index (χ1n) is 8.32. The first-order valence-corrected chi connectivity index (χ1v) is 8.32. The second-order valence-electron chi connectivity index (χ2n) is 6.52. The van der Waals surface area contributed by atoms with E-state index in [0.29, 0.717) is 29.6 Å². The molecule has 1 aliphatic carbocycles. The molecule has 0 unspecified atom stereocenters. The van der Waals surface area contributed by atoms with E-state index in [-0.39, 0.29) is 11.8 Å². The summed E-state index contributed by atoms with van der Waals surface area (Å²) >= 11 is 0. The highest BCUT2D eigenvalue weighted by Gasteiger charge is 2.21. The number of hydrogen-bond donors (Lipinski definition) is 1. The van der Waals surface area contributed by atoms with Crippen LogP contribution in [-0.4, -0.2) is 62.5 Å². The van der Waals surface area contributed by atoms with Crippen LogP contribution in [0.4, 0.5) is 5.69 Å². The van der Waals surface area contributed by atoms with E-state index in [1.54, 1.807) is 32.3 Å². The van der Waals surface area contributed by atoms with Crippen molar-refractivity contribution < 1.29 is 14.3 Å². The molecular weight excluding hydrogens is 306 g/mol. The van der Waals surface area contributed by atoms with E-state index >= 15 is 0 Å². The average molecular weight is 333 g/mol. The SMILES string of the molecule is COc1ccc(NC(=O)CN(C)C2CCCC2)cc1C(=O)N(C)C. The van der Waals surface area contributed by atoms with Crippen LogP contribution in [0.5, 0.6) is 5.75 Å². The van der Waals surface area contributed by atoms with E-state index in [0.717, 1.165) is 12.8 Å². The van der Waals surface area contributed by atoms with Gasteiger partial charge >= 0.3 is 0 Å². The molecule has 2 rings (SSSR count). The third-order valence-electron chi connectivity index (χ3n) is 4.46. The average Bonchev–Trinajstić information content (AvgIpc) is 3.08. The molecule has 1 aromatic rings. The molecule has 24 heavy (non-hydrogen) atoms. The largest absolute Gasteiger partial charge is 0.496 e. The third kappa shape index (κ3) is 4.47. The lowest BCUT2D eigenvalue weighted by molar-refractivity contribution is -0.117. The molecule has 0 aromatic heterocycles. The number of amides is 2. The van der Waals surface area contributed by atoms with Gasteiger partial charge in [0.25, 0.3) is 5.91 Å². The quantitative estimate of drug-likeness (QED) is 0.867. The molecule has 0 saturated heterocycles. The van der Waals surface area contributed by atoms with E-state index < -0.39 is 0 Å². The fourth-order valence-corrected chi connectivity index (χ4v) is 3.09. The van der Waals surface area contributed by atoms with Gasteiger partial charge in [0.1, 0.15) is 5.75 Å². The van der Waals surface area contributed by atoms with Crippen molar-refractivity contribution in [2.75, 3.05) is 40.1 Å². The van der Waals surface area contributed by atoms with Gasteiger partial charge in [0, 0.05) is 25.8 Å². The molecule has 2 amide bonds. The summed E-state index contributed by atoms with van der Waals surface area (Å²) < 4.78 is 5.24. The Morgan fingerprint density at radius 1 is 1.21 bits per heavy atom. The van der Waals surface area contributed by atoms with E-state index in [2.05, 4.69) is 10.2 Å². The summed E-state index contributed by atoms with van der Waals surface area (Å²) in [6.07, 6.45) is 4.80. The van der Waals surface area contributed by atoms with Crippen LogP contribution in [0.15, 0.2) is 18.2 Å². The molecule has 1 aliphatic rings. The minimum atomic E-state index is -0.161. The van der Waals surface area contributed by atoms with Crippen LogP contribution in [0, 0.1) is 0 Å². The van der Waals surface area contributed by atoms with E-state index in [1.165, 1.54) is 24.9 Å². The molecule has 0 heterocycles. The minimum absolute atomic E-state index is 0.0715. The highest BCUT2D eigenvalue weighted by molar-refractivity contribution is 5.99. The maximum Gasteiger partial charge on any atom is 0.257 e. The summed E-state index contributed by atoms with van der Waals surface area (Å²) in [6, 6.07) is 5.61. The summed E-state index contributed by atoms with van der Waals surface area (Å²) in [4.78, 5) is 28.1. The Hall–Kier alpha value is -2.08. The Balaban J connectivity index is 2.04. The Labute approximate surface area is 143 Å². The molecule has 1 saturated carbocycles. The molecule has 1 aromatic carbocycles. The van der Waals surface area contributed by atoms with Gasteiger partial charge in [0.15, 0.2) is 0 Å². The van der Waals surface area contributed by atoms with E-state index in [1.807, 2.05) is 7.05 Å². The summed E-state index contributed by atoms with van der Waals surface area (Å²) in [5.74, 6) is 0.263. The van der Waals surface area contributed by atoms with Crippen molar-refractivity contribution in [3.8, 4) is 5.75 Å². The predicted molar refractivity (Wildman–Crippen MR) is 94.5 cm³/mol. The minimum Gasteiger partial charge on any atom is -0.496 e. The number of nitrogens with one attached hydrogen (secondary N) is 1. The summed E-state index contributed by atoms with van der Waals surface area (Å²) in [7, 11) is 6.88. The van der Waals surface area contributed by atoms with Crippen molar-refractivity contribution in [3.63, 3.8) is 0 Å². The summed E-state index contributed by atoms with van der Waals surface area (Å²) in [5.41, 5.74) is 1.04. The van der Waals surface area contributed by atoms with Crippen LogP contribution in [-0.2, 0) is 4.79 Å². The smallest absolute Gasteiger partial charge is 0.257 e. The molecule has 1 N–H and O–H groups in total. The van der Waals surface area contributed by atoms with Gasteiger partial charge < -0.3 is 15.0 Å². The lowest BCUT2D eigenvalue weighted by atomic mass is 10.1. The van der Waals surface area contributed by atoms with Gasteiger partial charge in [-0.05, 0) is 38.1 Å². The first-order chi connectivity index (χ1) is 11.4. The third-order valence-corrected chi connectivity index (χ3v) is 4.46. The standard InChI is InChI=1S/C18H27N3O3/c1-20(2)18(23)15-11-13(9-10-16(15)24-4)19-17(22)12-21(3)14-7-5-6-8-14/h9-11,14H,5-8,12H2,1-4H3,(H,19,22). The lowest BCUT2D eigenvalue weighted by Gasteiger charge is -2.23. The number of methoxy groups -OCH3 is 1. The summed E-state index contributed by atoms with van der Waals surface area (Å²) in [5, 5.41) is 2.87. The van der Waals surface area contributed by atoms with Crippen molar-refractivity contribution in [3.05, 3.63) is 23.8 Å². The van der Waals surface area contributed by atoms with Crippen LogP contribution in [0.1, 0.15) is 36.0 Å². The van der Waals surface area contributed by atoms with Gasteiger partial charge in [-0.1, -0.05) is 12.8 Å². The second-order valence-corrected chi connectivity index (χ2v) is 6.52. The predicted octanol–water partition coefficient (Wildman–Crippen LogP) is 2.21. The zero-order chi connectivity index (χ0) is 17.7. The molecule has 0 aliphatic heterocycles. The van der Waals surface area contributed by atoms with Crippen LogP contribution < -0.4 is 10.1 Å². The van der Waals surface area contributed by atoms with Crippen LogP contribution in [0.2, 0.25) is 0 Å². The number of ether oxygens (including phenoxy) is 1. The molecule has 0 radical (unpaired) electrons. The van der Waals surface area contributed by atoms with Gasteiger partial charge in [0.2, 0.25) is 5.91 Å². The number of benzene rings is 1. The van der Waals surface area contributed by atoms with Crippen molar-refractivity contribution >= 4 is 17.5 Å². The Morgan fingerprint density at radius 2 is 1.88 bits per heavy atom. The van der Waals surface area contributed by atoms with E-state index in [4.69, 9.17) is 4.74 Å². The van der Waals surface area contributed by atoms with Gasteiger partial charge in [-0.25, -0.2) is 0 Å². The molecule has 0 atom stereocenters.